The Hall–Kier alpha value is -1.33. The average Bonchev–Trinajstić information content (AvgIpc) is 2.74. The summed E-state index contributed by atoms with van der Waals surface area (Å²) in [6.45, 7) is 3.79. The molecule has 2 rings (SSSR count). The van der Waals surface area contributed by atoms with Gasteiger partial charge in [0.2, 0.25) is 0 Å². The molecular formula is C13H13NO2S2. The summed E-state index contributed by atoms with van der Waals surface area (Å²) in [5, 5.41) is 10.1. The second-order valence-electron chi connectivity index (χ2n) is 3.92. The second kappa shape index (κ2) is 5.54. The summed E-state index contributed by atoms with van der Waals surface area (Å²) in [5.74, 6) is -0.0447. The molecular weight excluding hydrogens is 266 g/mol. The topological polar surface area (TPSA) is 50.2 Å². The van der Waals surface area contributed by atoms with E-state index >= 15 is 0 Å². The SMILES string of the molecule is Cc1ncc(CSc2ccc(C)c(C(=O)O)c2)s1. The first-order valence-electron chi connectivity index (χ1n) is 5.44. The molecule has 2 aromatic rings. The first kappa shape index (κ1) is 13.1. The zero-order valence-corrected chi connectivity index (χ0v) is 11.8. The van der Waals surface area contributed by atoms with Crippen LogP contribution in [0, 0.1) is 13.8 Å². The molecule has 0 atom stereocenters. The van der Waals surface area contributed by atoms with Crippen molar-refractivity contribution < 1.29 is 9.90 Å². The van der Waals surface area contributed by atoms with E-state index in [1.54, 1.807) is 29.2 Å². The van der Waals surface area contributed by atoms with Gasteiger partial charge < -0.3 is 5.11 Å². The van der Waals surface area contributed by atoms with Gasteiger partial charge in [0.25, 0.3) is 0 Å². The van der Waals surface area contributed by atoms with Crippen molar-refractivity contribution in [3.05, 3.63) is 45.4 Å². The fourth-order valence-corrected chi connectivity index (χ4v) is 3.30. The van der Waals surface area contributed by atoms with E-state index in [0.29, 0.717) is 5.56 Å². The zero-order valence-electron chi connectivity index (χ0n) is 10.1. The number of carboxylic acid groups (broad SMARTS) is 1. The van der Waals surface area contributed by atoms with Crippen LogP contribution in [0.1, 0.15) is 25.8 Å². The standard InChI is InChI=1S/C13H13NO2S2/c1-8-3-4-10(5-12(8)13(15)16)17-7-11-6-14-9(2)18-11/h3-6H,7H2,1-2H3,(H,15,16). The maximum atomic E-state index is 11.0. The van der Waals surface area contributed by atoms with E-state index in [-0.39, 0.29) is 0 Å². The quantitative estimate of drug-likeness (QED) is 0.866. The Kier molecular flexibility index (Phi) is 4.04. The average molecular weight is 279 g/mol. The van der Waals surface area contributed by atoms with Crippen molar-refractivity contribution in [2.75, 3.05) is 0 Å². The number of benzene rings is 1. The van der Waals surface area contributed by atoms with Gasteiger partial charge in [0.05, 0.1) is 10.6 Å². The van der Waals surface area contributed by atoms with E-state index in [4.69, 9.17) is 5.11 Å². The lowest BCUT2D eigenvalue weighted by atomic mass is 10.1. The lowest BCUT2D eigenvalue weighted by molar-refractivity contribution is 0.0696. The Balaban J connectivity index is 2.10. The highest BCUT2D eigenvalue weighted by Gasteiger charge is 2.08. The minimum Gasteiger partial charge on any atom is -0.478 e. The molecule has 0 fully saturated rings. The summed E-state index contributed by atoms with van der Waals surface area (Å²) in [7, 11) is 0. The van der Waals surface area contributed by atoms with Crippen LogP contribution in [0.15, 0.2) is 29.3 Å². The first-order chi connectivity index (χ1) is 8.56. The van der Waals surface area contributed by atoms with Crippen LogP contribution in [0.4, 0.5) is 0 Å². The fraction of sp³-hybridized carbons (Fsp3) is 0.231. The van der Waals surface area contributed by atoms with Crippen molar-refractivity contribution >= 4 is 29.1 Å². The van der Waals surface area contributed by atoms with E-state index in [0.717, 1.165) is 21.2 Å². The highest BCUT2D eigenvalue weighted by atomic mass is 32.2. The van der Waals surface area contributed by atoms with Crippen LogP contribution in [0.3, 0.4) is 0 Å². The predicted octanol–water partition coefficient (Wildman–Crippen LogP) is 3.75. The molecule has 0 saturated heterocycles. The van der Waals surface area contributed by atoms with Crippen molar-refractivity contribution in [1.29, 1.82) is 0 Å². The Labute approximate surface area is 114 Å². The summed E-state index contributed by atoms with van der Waals surface area (Å²) in [6.07, 6.45) is 1.87. The van der Waals surface area contributed by atoms with Crippen LogP contribution in [-0.2, 0) is 5.75 Å². The van der Waals surface area contributed by atoms with Gasteiger partial charge in [-0.15, -0.1) is 23.1 Å². The number of hydrogen-bond donors (Lipinski definition) is 1. The molecule has 3 nitrogen and oxygen atoms in total. The van der Waals surface area contributed by atoms with E-state index in [1.807, 2.05) is 32.2 Å². The van der Waals surface area contributed by atoms with Crippen LogP contribution in [0.25, 0.3) is 0 Å². The lowest BCUT2D eigenvalue weighted by Gasteiger charge is -2.04. The van der Waals surface area contributed by atoms with Gasteiger partial charge in [0.1, 0.15) is 0 Å². The summed E-state index contributed by atoms with van der Waals surface area (Å²) < 4.78 is 0. The molecule has 0 unspecified atom stereocenters. The Morgan fingerprint density at radius 1 is 1.44 bits per heavy atom. The maximum Gasteiger partial charge on any atom is 0.335 e. The van der Waals surface area contributed by atoms with Crippen molar-refractivity contribution in [1.82, 2.24) is 4.98 Å². The number of aromatic carboxylic acids is 1. The van der Waals surface area contributed by atoms with Crippen molar-refractivity contribution in [2.24, 2.45) is 0 Å². The van der Waals surface area contributed by atoms with E-state index in [2.05, 4.69) is 4.98 Å². The molecule has 0 radical (unpaired) electrons. The van der Waals surface area contributed by atoms with E-state index < -0.39 is 5.97 Å². The molecule has 18 heavy (non-hydrogen) atoms. The third kappa shape index (κ3) is 3.11. The van der Waals surface area contributed by atoms with Gasteiger partial charge in [-0.3, -0.25) is 0 Å². The van der Waals surface area contributed by atoms with Gasteiger partial charge in [-0.2, -0.15) is 0 Å². The largest absolute Gasteiger partial charge is 0.478 e. The van der Waals surface area contributed by atoms with Gasteiger partial charge in [0.15, 0.2) is 0 Å². The van der Waals surface area contributed by atoms with Crippen molar-refractivity contribution in [2.45, 2.75) is 24.5 Å². The Morgan fingerprint density at radius 3 is 2.83 bits per heavy atom. The van der Waals surface area contributed by atoms with E-state index in [9.17, 15) is 4.79 Å². The number of thiazole rings is 1. The number of nitrogens with zero attached hydrogens (tertiary/aromatic N) is 1. The molecule has 5 heteroatoms. The van der Waals surface area contributed by atoms with Gasteiger partial charge in [-0.25, -0.2) is 9.78 Å². The monoisotopic (exact) mass is 279 g/mol. The summed E-state index contributed by atoms with van der Waals surface area (Å²) in [4.78, 5) is 17.4. The number of rotatable bonds is 4. The van der Waals surface area contributed by atoms with Crippen LogP contribution < -0.4 is 0 Å². The molecule has 0 aliphatic carbocycles. The lowest BCUT2D eigenvalue weighted by Crippen LogP contribution is -1.99. The highest BCUT2D eigenvalue weighted by molar-refractivity contribution is 7.98. The van der Waals surface area contributed by atoms with Crippen LogP contribution in [0.2, 0.25) is 0 Å². The number of carboxylic acids is 1. The van der Waals surface area contributed by atoms with E-state index in [1.165, 1.54) is 4.88 Å². The molecule has 0 saturated carbocycles. The number of aryl methyl sites for hydroxylation is 2. The summed E-state index contributed by atoms with van der Waals surface area (Å²) in [6, 6.07) is 5.54. The highest BCUT2D eigenvalue weighted by Crippen LogP contribution is 2.27. The molecule has 0 aliphatic rings. The minimum atomic E-state index is -0.872. The van der Waals surface area contributed by atoms with Gasteiger partial charge in [0, 0.05) is 21.7 Å². The first-order valence-corrected chi connectivity index (χ1v) is 7.24. The Bertz CT molecular complexity index is 578. The molecule has 94 valence electrons. The Morgan fingerprint density at radius 2 is 2.22 bits per heavy atom. The molecule has 1 N–H and O–H groups in total. The summed E-state index contributed by atoms with van der Waals surface area (Å²) >= 11 is 3.31. The molecule has 0 amide bonds. The summed E-state index contributed by atoms with van der Waals surface area (Å²) in [5.41, 5.74) is 1.17. The van der Waals surface area contributed by atoms with Gasteiger partial charge in [-0.05, 0) is 31.5 Å². The second-order valence-corrected chi connectivity index (χ2v) is 6.28. The van der Waals surface area contributed by atoms with Gasteiger partial charge >= 0.3 is 5.97 Å². The molecule has 0 bridgehead atoms. The molecule has 0 spiro atoms. The minimum absolute atomic E-state index is 0.375. The van der Waals surface area contributed by atoms with Crippen molar-refractivity contribution in [3.63, 3.8) is 0 Å². The third-order valence-electron chi connectivity index (χ3n) is 2.49. The van der Waals surface area contributed by atoms with Crippen molar-refractivity contribution in [3.8, 4) is 0 Å². The molecule has 1 aromatic carbocycles. The number of carbonyl (C=O) groups is 1. The zero-order chi connectivity index (χ0) is 13.1. The number of aromatic nitrogens is 1. The normalized spacial score (nSPS) is 10.6. The molecule has 1 heterocycles. The number of hydrogen-bond acceptors (Lipinski definition) is 4. The molecule has 1 aromatic heterocycles. The van der Waals surface area contributed by atoms with Crippen LogP contribution in [-0.4, -0.2) is 16.1 Å². The van der Waals surface area contributed by atoms with Gasteiger partial charge in [-0.1, -0.05) is 6.07 Å². The fourth-order valence-electron chi connectivity index (χ4n) is 1.55. The third-order valence-corrected chi connectivity index (χ3v) is 4.63. The molecule has 0 aliphatic heterocycles. The number of thioether (sulfide) groups is 1. The van der Waals surface area contributed by atoms with Crippen LogP contribution in [0.5, 0.6) is 0 Å². The van der Waals surface area contributed by atoms with Crippen LogP contribution >= 0.6 is 23.1 Å². The smallest absolute Gasteiger partial charge is 0.335 e. The predicted molar refractivity (Wildman–Crippen MR) is 74.6 cm³/mol. The maximum absolute atomic E-state index is 11.0.